The summed E-state index contributed by atoms with van der Waals surface area (Å²) >= 11 is 0. The van der Waals surface area contributed by atoms with E-state index in [2.05, 4.69) is 15.6 Å². The smallest absolute Gasteiger partial charge is 0.268 e. The van der Waals surface area contributed by atoms with E-state index < -0.39 is 5.60 Å². The Kier molecular flexibility index (Phi) is 4.94. The predicted octanol–water partition coefficient (Wildman–Crippen LogP) is 1.53. The van der Waals surface area contributed by atoms with Crippen LogP contribution in [0.25, 0.3) is 0 Å². The fourth-order valence-corrected chi connectivity index (χ4v) is 3.58. The molecule has 7 heteroatoms. The molecule has 7 nitrogen and oxygen atoms in total. The topological polar surface area (TPSA) is 85.0 Å². The van der Waals surface area contributed by atoms with Crippen LogP contribution in [0.4, 0.5) is 0 Å². The number of nitrogens with zero attached hydrogens (tertiary/aromatic N) is 4. The maximum atomic E-state index is 12.4. The van der Waals surface area contributed by atoms with Crippen molar-refractivity contribution in [1.29, 1.82) is 0 Å². The van der Waals surface area contributed by atoms with Crippen molar-refractivity contribution >= 4 is 5.91 Å². The quantitative estimate of drug-likeness (QED) is 0.831. The van der Waals surface area contributed by atoms with Gasteiger partial charge in [-0.2, -0.15) is 0 Å². The zero-order valence-corrected chi connectivity index (χ0v) is 15.1. The van der Waals surface area contributed by atoms with Crippen molar-refractivity contribution in [2.45, 2.75) is 57.7 Å². The van der Waals surface area contributed by atoms with E-state index in [0.29, 0.717) is 18.0 Å². The van der Waals surface area contributed by atoms with E-state index in [9.17, 15) is 9.90 Å². The molecule has 2 N–H and O–H groups in total. The summed E-state index contributed by atoms with van der Waals surface area (Å²) in [5.74, 6) is 0.326. The van der Waals surface area contributed by atoms with Crippen LogP contribution in [-0.2, 0) is 20.0 Å². The van der Waals surface area contributed by atoms with Gasteiger partial charge in [-0.1, -0.05) is 11.6 Å². The lowest BCUT2D eigenvalue weighted by Gasteiger charge is -2.21. The molecule has 1 saturated carbocycles. The standard InChI is InChI=1S/C18H27N5O2/c1-18(2,25)10-14-12-23(21-20-14)11-13-6-4-7-15(13)19-17(24)16-8-5-9-22(16)3/h5,8-9,12-13,15,25H,4,6-7,10-11H2,1-3H3,(H,19,24)/t13-,15-/m1/s1. The van der Waals surface area contributed by atoms with Gasteiger partial charge < -0.3 is 15.0 Å². The molecule has 1 aliphatic carbocycles. The molecule has 0 spiro atoms. The van der Waals surface area contributed by atoms with Gasteiger partial charge in [0.15, 0.2) is 0 Å². The highest BCUT2D eigenvalue weighted by atomic mass is 16.3. The summed E-state index contributed by atoms with van der Waals surface area (Å²) in [7, 11) is 1.88. The maximum Gasteiger partial charge on any atom is 0.268 e. The molecule has 136 valence electrons. The van der Waals surface area contributed by atoms with Crippen LogP contribution >= 0.6 is 0 Å². The molecule has 1 fully saturated rings. The molecule has 0 radical (unpaired) electrons. The van der Waals surface area contributed by atoms with Crippen LogP contribution in [-0.4, -0.2) is 42.2 Å². The summed E-state index contributed by atoms with van der Waals surface area (Å²) in [6.07, 6.45) is 7.41. The number of hydrogen-bond donors (Lipinski definition) is 2. The monoisotopic (exact) mass is 345 g/mol. The highest BCUT2D eigenvalue weighted by Gasteiger charge is 2.30. The molecule has 0 bridgehead atoms. The second kappa shape index (κ2) is 7.00. The van der Waals surface area contributed by atoms with Gasteiger partial charge in [-0.15, -0.1) is 5.10 Å². The first-order valence-electron chi connectivity index (χ1n) is 8.85. The Morgan fingerprint density at radius 2 is 2.24 bits per heavy atom. The van der Waals surface area contributed by atoms with E-state index in [4.69, 9.17) is 0 Å². The summed E-state index contributed by atoms with van der Waals surface area (Å²) < 4.78 is 3.67. The number of amides is 1. The van der Waals surface area contributed by atoms with Crippen molar-refractivity contribution in [3.63, 3.8) is 0 Å². The first kappa shape index (κ1) is 17.7. The SMILES string of the molecule is Cn1cccc1C(=O)N[C@@H]1CCC[C@@H]1Cn1cc(CC(C)(C)O)nn1. The van der Waals surface area contributed by atoms with Crippen LogP contribution in [0, 0.1) is 5.92 Å². The number of aryl methyl sites for hydroxylation is 1. The van der Waals surface area contributed by atoms with E-state index in [1.807, 2.05) is 40.8 Å². The van der Waals surface area contributed by atoms with E-state index in [0.717, 1.165) is 31.5 Å². The van der Waals surface area contributed by atoms with Gasteiger partial charge in [-0.25, -0.2) is 0 Å². The zero-order chi connectivity index (χ0) is 18.0. The molecular weight excluding hydrogens is 318 g/mol. The minimum absolute atomic E-state index is 0.0225. The van der Waals surface area contributed by atoms with Crippen molar-refractivity contribution in [2.75, 3.05) is 0 Å². The van der Waals surface area contributed by atoms with E-state index in [-0.39, 0.29) is 11.9 Å². The molecule has 3 rings (SSSR count). The fraction of sp³-hybridized carbons (Fsp3) is 0.611. The Balaban J connectivity index is 1.60. The number of rotatable bonds is 6. The molecule has 2 aromatic rings. The molecule has 1 amide bonds. The fourth-order valence-electron chi connectivity index (χ4n) is 3.58. The first-order valence-corrected chi connectivity index (χ1v) is 8.85. The molecule has 0 aliphatic heterocycles. The largest absolute Gasteiger partial charge is 0.390 e. The number of carbonyl (C=O) groups excluding carboxylic acids is 1. The number of hydrogen-bond acceptors (Lipinski definition) is 4. The third-order valence-electron chi connectivity index (χ3n) is 4.77. The number of carbonyl (C=O) groups is 1. The molecule has 25 heavy (non-hydrogen) atoms. The number of aromatic nitrogens is 4. The third kappa shape index (κ3) is 4.48. The molecular formula is C18H27N5O2. The summed E-state index contributed by atoms with van der Waals surface area (Å²) in [6, 6.07) is 3.87. The molecule has 1 aliphatic rings. The zero-order valence-electron chi connectivity index (χ0n) is 15.1. The van der Waals surface area contributed by atoms with Crippen molar-refractivity contribution in [2.24, 2.45) is 13.0 Å². The summed E-state index contributed by atoms with van der Waals surface area (Å²) in [5, 5.41) is 21.4. The lowest BCUT2D eigenvalue weighted by atomic mass is 10.0. The highest BCUT2D eigenvalue weighted by Crippen LogP contribution is 2.27. The third-order valence-corrected chi connectivity index (χ3v) is 4.77. The van der Waals surface area contributed by atoms with Gasteiger partial charge in [-0.3, -0.25) is 9.48 Å². The molecule has 0 unspecified atom stereocenters. The highest BCUT2D eigenvalue weighted by molar-refractivity contribution is 5.92. The van der Waals surface area contributed by atoms with E-state index >= 15 is 0 Å². The van der Waals surface area contributed by atoms with Gasteiger partial charge in [0.05, 0.1) is 11.3 Å². The summed E-state index contributed by atoms with van der Waals surface area (Å²) in [5.41, 5.74) is 0.675. The van der Waals surface area contributed by atoms with E-state index in [1.165, 1.54) is 0 Å². The lowest BCUT2D eigenvalue weighted by molar-refractivity contribution is 0.0798. The average Bonchev–Trinajstić information content (AvgIpc) is 3.21. The van der Waals surface area contributed by atoms with Gasteiger partial charge >= 0.3 is 0 Å². The van der Waals surface area contributed by atoms with Crippen LogP contribution in [0.2, 0.25) is 0 Å². The van der Waals surface area contributed by atoms with Crippen LogP contribution < -0.4 is 5.32 Å². The summed E-state index contributed by atoms with van der Waals surface area (Å²) in [6.45, 7) is 4.26. The van der Waals surface area contributed by atoms with Gasteiger partial charge in [0.2, 0.25) is 0 Å². The Morgan fingerprint density at radius 1 is 1.44 bits per heavy atom. The number of nitrogens with one attached hydrogen (secondary N) is 1. The minimum Gasteiger partial charge on any atom is -0.390 e. The first-order chi connectivity index (χ1) is 11.8. The van der Waals surface area contributed by atoms with Crippen LogP contribution in [0.15, 0.2) is 24.5 Å². The second-order valence-electron chi connectivity index (χ2n) is 7.70. The van der Waals surface area contributed by atoms with Crippen molar-refractivity contribution in [3.8, 4) is 0 Å². The number of aliphatic hydroxyl groups is 1. The van der Waals surface area contributed by atoms with Crippen LogP contribution in [0.5, 0.6) is 0 Å². The Bertz CT molecular complexity index is 728. The van der Waals surface area contributed by atoms with Crippen LogP contribution in [0.1, 0.15) is 49.3 Å². The molecule has 0 saturated heterocycles. The minimum atomic E-state index is -0.792. The molecule has 2 atom stereocenters. The molecule has 0 aromatic carbocycles. The Labute approximate surface area is 148 Å². The van der Waals surface area contributed by atoms with Crippen LogP contribution in [0.3, 0.4) is 0 Å². The van der Waals surface area contributed by atoms with E-state index in [1.54, 1.807) is 13.8 Å². The van der Waals surface area contributed by atoms with Crippen molar-refractivity contribution in [1.82, 2.24) is 24.9 Å². The lowest BCUT2D eigenvalue weighted by Crippen LogP contribution is -2.39. The van der Waals surface area contributed by atoms with Gasteiger partial charge in [0.25, 0.3) is 5.91 Å². The summed E-state index contributed by atoms with van der Waals surface area (Å²) in [4.78, 5) is 12.4. The second-order valence-corrected chi connectivity index (χ2v) is 7.70. The maximum absolute atomic E-state index is 12.4. The van der Waals surface area contributed by atoms with Crippen molar-refractivity contribution < 1.29 is 9.90 Å². The van der Waals surface area contributed by atoms with Gasteiger partial charge in [0, 0.05) is 38.4 Å². The Morgan fingerprint density at radius 3 is 2.92 bits per heavy atom. The van der Waals surface area contributed by atoms with Gasteiger partial charge in [0.1, 0.15) is 5.69 Å². The van der Waals surface area contributed by atoms with Gasteiger partial charge in [-0.05, 0) is 44.7 Å². The molecule has 2 aromatic heterocycles. The molecule has 2 heterocycles. The predicted molar refractivity (Wildman–Crippen MR) is 94.0 cm³/mol. The average molecular weight is 345 g/mol. The normalized spacial score (nSPS) is 20.8. The van der Waals surface area contributed by atoms with Crippen molar-refractivity contribution in [3.05, 3.63) is 35.9 Å². The Hall–Kier alpha value is -2.15.